The lowest BCUT2D eigenvalue weighted by Gasteiger charge is -2.29. The van der Waals surface area contributed by atoms with E-state index in [1.807, 2.05) is 45.9 Å². The SMILES string of the molecule is CCCc1ccc([C@H](Oc2ccc3c(cnn3-c3ccc(F)cc3)c2)[C@H](C)NC(=O)C(C)(C)C)cc1. The number of hydrogen-bond acceptors (Lipinski definition) is 3. The van der Waals surface area contributed by atoms with E-state index in [0.29, 0.717) is 5.75 Å². The van der Waals surface area contributed by atoms with Gasteiger partial charge in [-0.15, -0.1) is 0 Å². The van der Waals surface area contributed by atoms with Gasteiger partial charge in [0.25, 0.3) is 0 Å². The lowest BCUT2D eigenvalue weighted by atomic mass is 9.94. The number of nitrogens with zero attached hydrogens (tertiary/aromatic N) is 2. The van der Waals surface area contributed by atoms with Gasteiger partial charge in [-0.3, -0.25) is 4.79 Å². The van der Waals surface area contributed by atoms with Crippen molar-refractivity contribution in [1.29, 1.82) is 0 Å². The van der Waals surface area contributed by atoms with Gasteiger partial charge in [0.2, 0.25) is 5.91 Å². The minimum atomic E-state index is -0.502. The van der Waals surface area contributed by atoms with Gasteiger partial charge >= 0.3 is 0 Å². The molecule has 4 rings (SSSR count). The number of fused-ring (bicyclic) bond motifs is 1. The van der Waals surface area contributed by atoms with Gasteiger partial charge in [0.15, 0.2) is 0 Å². The van der Waals surface area contributed by atoms with E-state index in [4.69, 9.17) is 4.74 Å². The molecule has 0 saturated heterocycles. The summed E-state index contributed by atoms with van der Waals surface area (Å²) in [5.41, 5.74) is 3.45. The first kappa shape index (κ1) is 25.4. The summed E-state index contributed by atoms with van der Waals surface area (Å²) in [6, 6.07) is 20.2. The molecule has 1 aromatic heterocycles. The van der Waals surface area contributed by atoms with E-state index in [1.165, 1.54) is 17.7 Å². The van der Waals surface area contributed by atoms with Crippen LogP contribution in [0, 0.1) is 11.2 Å². The van der Waals surface area contributed by atoms with Crippen molar-refractivity contribution < 1.29 is 13.9 Å². The van der Waals surface area contributed by atoms with Crippen molar-refractivity contribution in [2.24, 2.45) is 5.41 Å². The van der Waals surface area contributed by atoms with E-state index >= 15 is 0 Å². The van der Waals surface area contributed by atoms with Gasteiger partial charge in [0, 0.05) is 10.8 Å². The van der Waals surface area contributed by atoms with Crippen molar-refractivity contribution in [3.63, 3.8) is 0 Å². The van der Waals surface area contributed by atoms with Crippen LogP contribution in [0.4, 0.5) is 4.39 Å². The van der Waals surface area contributed by atoms with E-state index in [1.54, 1.807) is 23.0 Å². The van der Waals surface area contributed by atoms with E-state index in [9.17, 15) is 9.18 Å². The maximum Gasteiger partial charge on any atom is 0.225 e. The zero-order valence-electron chi connectivity index (χ0n) is 21.6. The first-order chi connectivity index (χ1) is 17.2. The lowest BCUT2D eigenvalue weighted by Crippen LogP contribution is -2.44. The molecule has 0 fully saturated rings. The molecule has 0 aliphatic carbocycles. The average Bonchev–Trinajstić information content (AvgIpc) is 3.26. The van der Waals surface area contributed by atoms with Crippen LogP contribution in [-0.4, -0.2) is 21.7 Å². The monoisotopic (exact) mass is 487 g/mol. The van der Waals surface area contributed by atoms with Crippen LogP contribution in [0.2, 0.25) is 0 Å². The maximum atomic E-state index is 13.4. The van der Waals surface area contributed by atoms with Gasteiger partial charge in [-0.2, -0.15) is 5.10 Å². The molecule has 0 bridgehead atoms. The van der Waals surface area contributed by atoms with Crippen molar-refractivity contribution in [1.82, 2.24) is 15.1 Å². The highest BCUT2D eigenvalue weighted by atomic mass is 19.1. The molecule has 36 heavy (non-hydrogen) atoms. The predicted molar refractivity (Wildman–Crippen MR) is 142 cm³/mol. The van der Waals surface area contributed by atoms with Crippen LogP contribution in [0.5, 0.6) is 5.75 Å². The van der Waals surface area contributed by atoms with E-state index in [0.717, 1.165) is 35.0 Å². The molecule has 0 radical (unpaired) electrons. The first-order valence-electron chi connectivity index (χ1n) is 12.5. The van der Waals surface area contributed by atoms with E-state index in [2.05, 4.69) is 41.6 Å². The number of aromatic nitrogens is 2. The van der Waals surface area contributed by atoms with Crippen molar-refractivity contribution in [2.75, 3.05) is 0 Å². The van der Waals surface area contributed by atoms with Crippen LogP contribution in [-0.2, 0) is 11.2 Å². The molecule has 188 valence electrons. The third-order valence-electron chi connectivity index (χ3n) is 6.21. The van der Waals surface area contributed by atoms with Crippen molar-refractivity contribution in [3.05, 3.63) is 89.9 Å². The third-order valence-corrected chi connectivity index (χ3v) is 6.21. The maximum absolute atomic E-state index is 13.4. The number of benzene rings is 3. The Morgan fingerprint density at radius 1 is 1.06 bits per heavy atom. The quantitative estimate of drug-likeness (QED) is 0.298. The summed E-state index contributed by atoms with van der Waals surface area (Å²) in [4.78, 5) is 12.7. The summed E-state index contributed by atoms with van der Waals surface area (Å²) < 4.78 is 21.6. The summed E-state index contributed by atoms with van der Waals surface area (Å²) in [6.07, 6.45) is 3.50. The summed E-state index contributed by atoms with van der Waals surface area (Å²) in [6.45, 7) is 9.84. The highest BCUT2D eigenvalue weighted by Crippen LogP contribution is 2.30. The molecule has 1 amide bonds. The first-order valence-corrected chi connectivity index (χ1v) is 12.5. The molecule has 0 saturated carbocycles. The second-order valence-corrected chi connectivity index (χ2v) is 10.3. The number of nitrogens with one attached hydrogen (secondary N) is 1. The summed E-state index contributed by atoms with van der Waals surface area (Å²) >= 11 is 0. The molecule has 1 heterocycles. The second kappa shape index (κ2) is 10.5. The van der Waals surface area contributed by atoms with Crippen LogP contribution in [0.15, 0.2) is 72.9 Å². The molecule has 0 unspecified atom stereocenters. The fourth-order valence-corrected chi connectivity index (χ4v) is 4.14. The van der Waals surface area contributed by atoms with Crippen LogP contribution in [0.1, 0.15) is 58.3 Å². The van der Waals surface area contributed by atoms with Crippen LogP contribution < -0.4 is 10.1 Å². The fourth-order valence-electron chi connectivity index (χ4n) is 4.14. The summed E-state index contributed by atoms with van der Waals surface area (Å²) in [5.74, 6) is 0.371. The fraction of sp³-hybridized carbons (Fsp3) is 0.333. The molecule has 2 atom stereocenters. The number of amides is 1. The highest BCUT2D eigenvalue weighted by Gasteiger charge is 2.28. The highest BCUT2D eigenvalue weighted by molar-refractivity contribution is 5.82. The molecule has 0 aliphatic rings. The van der Waals surface area contributed by atoms with Crippen molar-refractivity contribution >= 4 is 16.8 Å². The molecular weight excluding hydrogens is 453 g/mol. The van der Waals surface area contributed by atoms with Crippen LogP contribution >= 0.6 is 0 Å². The summed E-state index contributed by atoms with van der Waals surface area (Å²) in [5, 5.41) is 8.52. The van der Waals surface area contributed by atoms with E-state index in [-0.39, 0.29) is 23.9 Å². The Kier molecular flexibility index (Phi) is 7.43. The topological polar surface area (TPSA) is 56.1 Å². The number of ether oxygens (including phenoxy) is 1. The van der Waals surface area contributed by atoms with Crippen LogP contribution in [0.25, 0.3) is 16.6 Å². The Morgan fingerprint density at radius 2 is 1.75 bits per heavy atom. The largest absolute Gasteiger partial charge is 0.484 e. The molecule has 1 N–H and O–H groups in total. The number of halogens is 1. The van der Waals surface area contributed by atoms with Gasteiger partial charge < -0.3 is 10.1 Å². The number of rotatable bonds is 8. The Morgan fingerprint density at radius 3 is 2.39 bits per heavy atom. The van der Waals surface area contributed by atoms with Gasteiger partial charge in [-0.1, -0.05) is 58.4 Å². The van der Waals surface area contributed by atoms with Gasteiger partial charge in [-0.25, -0.2) is 9.07 Å². The predicted octanol–water partition coefficient (Wildman–Crippen LogP) is 6.79. The van der Waals surface area contributed by atoms with Crippen molar-refractivity contribution in [3.8, 4) is 11.4 Å². The normalized spacial score (nSPS) is 13.4. The van der Waals surface area contributed by atoms with Crippen molar-refractivity contribution in [2.45, 2.75) is 59.6 Å². The summed E-state index contributed by atoms with van der Waals surface area (Å²) in [7, 11) is 0. The molecule has 5 nitrogen and oxygen atoms in total. The zero-order valence-corrected chi connectivity index (χ0v) is 21.6. The standard InChI is InChI=1S/C30H34FN3O2/c1-6-7-21-8-10-22(11-9-21)28(20(2)33-29(35)30(3,4)5)36-26-16-17-27-23(18-26)19-32-34(27)25-14-12-24(31)13-15-25/h8-20,28H,6-7H2,1-5H3,(H,33,35)/t20-,28+/m0/s1. The molecular formula is C30H34FN3O2. The Balaban J connectivity index is 1.63. The molecule has 0 aliphatic heterocycles. The number of carbonyl (C=O) groups excluding carboxylic acids is 1. The van der Waals surface area contributed by atoms with Gasteiger partial charge in [0.1, 0.15) is 17.7 Å². The zero-order chi connectivity index (χ0) is 25.9. The van der Waals surface area contributed by atoms with E-state index < -0.39 is 5.41 Å². The molecule has 3 aromatic carbocycles. The molecule has 0 spiro atoms. The smallest absolute Gasteiger partial charge is 0.225 e. The average molecular weight is 488 g/mol. The third kappa shape index (κ3) is 5.76. The minimum Gasteiger partial charge on any atom is -0.484 e. The second-order valence-electron chi connectivity index (χ2n) is 10.3. The lowest BCUT2D eigenvalue weighted by molar-refractivity contribution is -0.129. The van der Waals surface area contributed by atoms with Gasteiger partial charge in [-0.05, 0) is 66.9 Å². The molecule has 6 heteroatoms. The molecule has 4 aromatic rings. The Labute approximate surface area is 212 Å². The van der Waals surface area contributed by atoms with Gasteiger partial charge in [0.05, 0.1) is 23.4 Å². The Hall–Kier alpha value is -3.67. The number of aryl methyl sites for hydroxylation is 1. The number of hydrogen-bond donors (Lipinski definition) is 1. The minimum absolute atomic E-state index is 0.0257. The Bertz CT molecular complexity index is 1320. The van der Waals surface area contributed by atoms with Crippen LogP contribution in [0.3, 0.4) is 0 Å². The number of carbonyl (C=O) groups is 1.